The first-order valence-electron chi connectivity index (χ1n) is 8.12. The van der Waals surface area contributed by atoms with Gasteiger partial charge in [0, 0.05) is 19.2 Å². The van der Waals surface area contributed by atoms with Gasteiger partial charge in [0.25, 0.3) is 0 Å². The number of benzene rings is 2. The quantitative estimate of drug-likeness (QED) is 0.552. The van der Waals surface area contributed by atoms with Gasteiger partial charge < -0.3 is 4.90 Å². The van der Waals surface area contributed by atoms with Crippen LogP contribution in [0, 0.1) is 5.82 Å². The summed E-state index contributed by atoms with van der Waals surface area (Å²) < 4.78 is 16.1. The van der Waals surface area contributed by atoms with Crippen LogP contribution < -0.4 is 4.90 Å². The fourth-order valence-electron chi connectivity index (χ4n) is 2.86. The van der Waals surface area contributed by atoms with Crippen LogP contribution >= 0.6 is 0 Å². The zero-order chi connectivity index (χ0) is 17.1. The van der Waals surface area contributed by atoms with Crippen LogP contribution in [0.2, 0.25) is 0 Å². The molecule has 0 N–H and O–H groups in total. The predicted octanol–water partition coefficient (Wildman–Crippen LogP) is 4.08. The first kappa shape index (κ1) is 15.3. The SMILES string of the molecule is Fc1cn2nccc2nc1N(Cc1ccccc1)Cc1ccccc1. The number of anilines is 1. The Morgan fingerprint density at radius 1 is 0.840 bits per heavy atom. The molecule has 2 aromatic carbocycles. The summed E-state index contributed by atoms with van der Waals surface area (Å²) in [4.78, 5) is 6.43. The molecule has 0 aliphatic rings. The molecule has 0 saturated carbocycles. The van der Waals surface area contributed by atoms with Crippen LogP contribution in [0.1, 0.15) is 11.1 Å². The second kappa shape index (κ2) is 6.73. The van der Waals surface area contributed by atoms with Crippen molar-refractivity contribution in [2.45, 2.75) is 13.1 Å². The highest BCUT2D eigenvalue weighted by Crippen LogP contribution is 2.22. The average Bonchev–Trinajstić information content (AvgIpc) is 3.09. The van der Waals surface area contributed by atoms with Gasteiger partial charge in [0.05, 0.1) is 12.4 Å². The fraction of sp³-hybridized carbons (Fsp3) is 0.100. The van der Waals surface area contributed by atoms with Gasteiger partial charge >= 0.3 is 0 Å². The van der Waals surface area contributed by atoms with Gasteiger partial charge in [-0.05, 0) is 11.1 Å². The number of hydrogen-bond donors (Lipinski definition) is 0. The molecule has 0 bridgehead atoms. The van der Waals surface area contributed by atoms with Crippen LogP contribution in [-0.2, 0) is 13.1 Å². The Balaban J connectivity index is 1.73. The second-order valence-corrected chi connectivity index (χ2v) is 5.87. The molecular formula is C20H17FN4. The van der Waals surface area contributed by atoms with Gasteiger partial charge in [0.2, 0.25) is 0 Å². The van der Waals surface area contributed by atoms with Gasteiger partial charge in [-0.15, -0.1) is 0 Å². The Kier molecular flexibility index (Phi) is 4.12. The minimum atomic E-state index is -0.386. The van der Waals surface area contributed by atoms with E-state index in [0.717, 1.165) is 11.1 Å². The molecule has 0 aliphatic heterocycles. The molecule has 0 spiro atoms. The minimum Gasteiger partial charge on any atom is -0.345 e. The van der Waals surface area contributed by atoms with Crippen molar-refractivity contribution < 1.29 is 4.39 Å². The summed E-state index contributed by atoms with van der Waals surface area (Å²) in [5.74, 6) is -0.0521. The van der Waals surface area contributed by atoms with E-state index in [-0.39, 0.29) is 5.82 Å². The summed E-state index contributed by atoms with van der Waals surface area (Å²) in [6.07, 6.45) is 2.99. The standard InChI is InChI=1S/C20H17FN4/c21-18-15-25-19(11-12-22-25)23-20(18)24(13-16-7-3-1-4-8-16)14-17-9-5-2-6-10-17/h1-12,15H,13-14H2. The van der Waals surface area contributed by atoms with Crippen molar-refractivity contribution in [1.29, 1.82) is 0 Å². The Labute approximate surface area is 145 Å². The number of fused-ring (bicyclic) bond motifs is 1. The molecule has 4 aromatic rings. The topological polar surface area (TPSA) is 33.4 Å². The lowest BCUT2D eigenvalue weighted by molar-refractivity contribution is 0.593. The molecule has 4 rings (SSSR count). The highest BCUT2D eigenvalue weighted by molar-refractivity contribution is 5.49. The van der Waals surface area contributed by atoms with Crippen molar-refractivity contribution in [3.05, 3.63) is 96.1 Å². The van der Waals surface area contributed by atoms with Gasteiger partial charge in [-0.3, -0.25) is 0 Å². The Morgan fingerprint density at radius 2 is 1.44 bits per heavy atom. The van der Waals surface area contributed by atoms with E-state index < -0.39 is 0 Å². The monoisotopic (exact) mass is 332 g/mol. The molecule has 2 heterocycles. The van der Waals surface area contributed by atoms with Crippen molar-refractivity contribution in [3.63, 3.8) is 0 Å². The molecule has 0 fully saturated rings. The summed E-state index contributed by atoms with van der Waals surface area (Å²) in [6, 6.07) is 21.8. The second-order valence-electron chi connectivity index (χ2n) is 5.87. The highest BCUT2D eigenvalue weighted by atomic mass is 19.1. The van der Waals surface area contributed by atoms with Crippen LogP contribution in [0.15, 0.2) is 79.1 Å². The zero-order valence-corrected chi connectivity index (χ0v) is 13.6. The van der Waals surface area contributed by atoms with Crippen molar-refractivity contribution in [2.24, 2.45) is 0 Å². The third-order valence-electron chi connectivity index (χ3n) is 4.05. The minimum absolute atomic E-state index is 0.334. The van der Waals surface area contributed by atoms with E-state index in [0.29, 0.717) is 24.6 Å². The van der Waals surface area contributed by atoms with Crippen LogP contribution in [0.3, 0.4) is 0 Å². The van der Waals surface area contributed by atoms with E-state index in [1.807, 2.05) is 65.6 Å². The first-order chi connectivity index (χ1) is 12.3. The van der Waals surface area contributed by atoms with E-state index in [4.69, 9.17) is 0 Å². The maximum absolute atomic E-state index is 14.7. The van der Waals surface area contributed by atoms with Crippen molar-refractivity contribution in [3.8, 4) is 0 Å². The van der Waals surface area contributed by atoms with Crippen LogP contribution in [0.5, 0.6) is 0 Å². The molecule has 124 valence electrons. The summed E-state index contributed by atoms with van der Waals surface area (Å²) in [7, 11) is 0. The largest absolute Gasteiger partial charge is 0.345 e. The molecule has 0 radical (unpaired) electrons. The summed E-state index contributed by atoms with van der Waals surface area (Å²) in [5.41, 5.74) is 2.84. The number of halogens is 1. The zero-order valence-electron chi connectivity index (χ0n) is 13.6. The smallest absolute Gasteiger partial charge is 0.184 e. The summed E-state index contributed by atoms with van der Waals surface area (Å²) in [5, 5.41) is 4.04. The molecular weight excluding hydrogens is 315 g/mol. The number of aromatic nitrogens is 3. The predicted molar refractivity (Wildman–Crippen MR) is 95.7 cm³/mol. The Hall–Kier alpha value is -3.21. The van der Waals surface area contributed by atoms with Crippen LogP contribution in [-0.4, -0.2) is 14.6 Å². The average molecular weight is 332 g/mol. The number of rotatable bonds is 5. The third kappa shape index (κ3) is 3.35. The fourth-order valence-corrected chi connectivity index (χ4v) is 2.86. The van der Waals surface area contributed by atoms with Gasteiger partial charge in [-0.2, -0.15) is 5.10 Å². The van der Waals surface area contributed by atoms with Crippen molar-refractivity contribution in [1.82, 2.24) is 14.6 Å². The molecule has 2 aromatic heterocycles. The first-order valence-corrected chi connectivity index (χ1v) is 8.12. The van der Waals surface area contributed by atoms with Gasteiger partial charge in [0.1, 0.15) is 0 Å². The maximum atomic E-state index is 14.7. The van der Waals surface area contributed by atoms with Crippen LogP contribution in [0.4, 0.5) is 10.2 Å². The normalized spacial score (nSPS) is 10.9. The molecule has 5 heteroatoms. The lowest BCUT2D eigenvalue weighted by atomic mass is 10.1. The Morgan fingerprint density at radius 3 is 2.04 bits per heavy atom. The van der Waals surface area contributed by atoms with Gasteiger partial charge in [-0.25, -0.2) is 13.9 Å². The van der Waals surface area contributed by atoms with Gasteiger partial charge in [0.15, 0.2) is 17.3 Å². The van der Waals surface area contributed by atoms with Crippen molar-refractivity contribution >= 4 is 11.5 Å². The van der Waals surface area contributed by atoms with E-state index in [1.54, 1.807) is 12.3 Å². The summed E-state index contributed by atoms with van der Waals surface area (Å²) >= 11 is 0. The van der Waals surface area contributed by atoms with E-state index in [1.165, 1.54) is 10.7 Å². The molecule has 0 saturated heterocycles. The summed E-state index contributed by atoms with van der Waals surface area (Å²) in [6.45, 7) is 1.15. The Bertz CT molecular complexity index is 925. The van der Waals surface area contributed by atoms with E-state index >= 15 is 0 Å². The molecule has 25 heavy (non-hydrogen) atoms. The lowest BCUT2D eigenvalue weighted by Crippen LogP contribution is -2.24. The third-order valence-corrected chi connectivity index (χ3v) is 4.05. The molecule has 0 unspecified atom stereocenters. The molecule has 0 amide bonds. The van der Waals surface area contributed by atoms with E-state index in [2.05, 4.69) is 10.1 Å². The highest BCUT2D eigenvalue weighted by Gasteiger charge is 2.16. The maximum Gasteiger partial charge on any atom is 0.184 e. The lowest BCUT2D eigenvalue weighted by Gasteiger charge is -2.24. The van der Waals surface area contributed by atoms with E-state index in [9.17, 15) is 4.39 Å². The number of nitrogens with zero attached hydrogens (tertiary/aromatic N) is 4. The molecule has 4 nitrogen and oxygen atoms in total. The molecule has 0 aliphatic carbocycles. The van der Waals surface area contributed by atoms with Crippen molar-refractivity contribution in [2.75, 3.05) is 4.90 Å². The number of hydrogen-bond acceptors (Lipinski definition) is 3. The molecule has 0 atom stereocenters. The van der Waals surface area contributed by atoms with Gasteiger partial charge in [-0.1, -0.05) is 60.7 Å². The van der Waals surface area contributed by atoms with Crippen LogP contribution in [0.25, 0.3) is 5.65 Å².